The summed E-state index contributed by atoms with van der Waals surface area (Å²) >= 11 is 3.95. The van der Waals surface area contributed by atoms with E-state index in [1.54, 1.807) is 24.3 Å². The van der Waals surface area contributed by atoms with Gasteiger partial charge in [0.15, 0.2) is 0 Å². The van der Waals surface area contributed by atoms with E-state index < -0.39 is 29.9 Å². The minimum atomic E-state index is -1.42. The Morgan fingerprint density at radius 1 is 1.05 bits per heavy atom. The summed E-state index contributed by atoms with van der Waals surface area (Å²) in [6.07, 6.45) is -3.84. The van der Waals surface area contributed by atoms with Gasteiger partial charge in [-0.2, -0.15) is 0 Å². The monoisotopic (exact) mass is 284 g/mol. The van der Waals surface area contributed by atoms with Gasteiger partial charge >= 0.3 is 0 Å². The lowest BCUT2D eigenvalue weighted by Gasteiger charge is -2.38. The fraction of sp³-hybridized carbons (Fsp3) is 0.385. The van der Waals surface area contributed by atoms with Crippen LogP contribution in [-0.4, -0.2) is 50.3 Å². The molecule has 0 amide bonds. The van der Waals surface area contributed by atoms with Gasteiger partial charge in [-0.1, -0.05) is 30.3 Å². The first-order valence-electron chi connectivity index (χ1n) is 5.84. The number of hydrogen-bond acceptors (Lipinski definition) is 6. The van der Waals surface area contributed by atoms with Gasteiger partial charge in [-0.05, 0) is 11.6 Å². The van der Waals surface area contributed by atoms with Gasteiger partial charge in [0.25, 0.3) is 0 Å². The van der Waals surface area contributed by atoms with E-state index in [4.69, 9.17) is 4.74 Å². The smallest absolute Gasteiger partial charge is 0.144 e. The van der Waals surface area contributed by atoms with Crippen molar-refractivity contribution in [1.29, 1.82) is 0 Å². The molecule has 1 heterocycles. The van der Waals surface area contributed by atoms with Crippen LogP contribution in [0.3, 0.4) is 0 Å². The highest BCUT2D eigenvalue weighted by Gasteiger charge is 2.43. The van der Waals surface area contributed by atoms with Gasteiger partial charge in [0, 0.05) is 0 Å². The zero-order valence-corrected chi connectivity index (χ0v) is 10.9. The molecule has 19 heavy (non-hydrogen) atoms. The average molecular weight is 284 g/mol. The van der Waals surface area contributed by atoms with Crippen LogP contribution >= 0.6 is 12.6 Å². The molecule has 1 fully saturated rings. The second kappa shape index (κ2) is 5.94. The molecule has 0 aliphatic carbocycles. The molecule has 104 valence electrons. The maximum absolute atomic E-state index is 9.97. The van der Waals surface area contributed by atoms with Crippen LogP contribution in [-0.2, 0) is 4.74 Å². The minimum Gasteiger partial charge on any atom is -0.509 e. The van der Waals surface area contributed by atoms with E-state index in [0.29, 0.717) is 0 Å². The van der Waals surface area contributed by atoms with Crippen molar-refractivity contribution >= 4 is 18.7 Å². The number of thiol groups is 1. The third kappa shape index (κ3) is 3.10. The first kappa shape index (κ1) is 14.4. The van der Waals surface area contributed by atoms with Crippen LogP contribution in [0.4, 0.5) is 0 Å². The lowest BCUT2D eigenvalue weighted by molar-refractivity contribution is -0.193. The predicted octanol–water partition coefficient (Wildman–Crippen LogP) is 0.323. The topological polar surface area (TPSA) is 90.2 Å². The molecule has 1 aliphatic heterocycles. The molecule has 4 N–H and O–H groups in total. The minimum absolute atomic E-state index is 0.233. The van der Waals surface area contributed by atoms with E-state index in [1.807, 2.05) is 6.07 Å². The first-order chi connectivity index (χ1) is 9.00. The van der Waals surface area contributed by atoms with Gasteiger partial charge in [0.2, 0.25) is 0 Å². The average Bonchev–Trinajstić information content (AvgIpc) is 2.41. The Bertz CT molecular complexity index is 450. The second-order valence-electron chi connectivity index (χ2n) is 4.40. The zero-order chi connectivity index (χ0) is 14.0. The van der Waals surface area contributed by atoms with Crippen LogP contribution in [0, 0.1) is 0 Å². The summed E-state index contributed by atoms with van der Waals surface area (Å²) in [5.41, 5.74) is -0.248. The van der Waals surface area contributed by atoms with Crippen molar-refractivity contribution in [3.8, 4) is 0 Å². The SMILES string of the molecule is OC(=Cc1ccccc1)[C@H]1O[C@@H](S)[C@@H](O)[C@@H](O)[C@@H]1O. The molecule has 0 spiro atoms. The molecule has 0 saturated carbocycles. The fourth-order valence-corrected chi connectivity index (χ4v) is 2.22. The third-order valence-corrected chi connectivity index (χ3v) is 3.42. The zero-order valence-electron chi connectivity index (χ0n) is 10.00. The Labute approximate surface area is 116 Å². The predicted molar refractivity (Wildman–Crippen MR) is 72.7 cm³/mol. The van der Waals surface area contributed by atoms with E-state index in [9.17, 15) is 20.4 Å². The highest BCUT2D eigenvalue weighted by atomic mass is 32.1. The summed E-state index contributed by atoms with van der Waals surface area (Å²) < 4.78 is 5.20. The van der Waals surface area contributed by atoms with Crippen molar-refractivity contribution in [2.75, 3.05) is 0 Å². The Morgan fingerprint density at radius 2 is 1.68 bits per heavy atom. The third-order valence-electron chi connectivity index (χ3n) is 2.99. The van der Waals surface area contributed by atoms with Crippen LogP contribution in [0.2, 0.25) is 0 Å². The molecule has 2 rings (SSSR count). The van der Waals surface area contributed by atoms with Crippen LogP contribution in [0.5, 0.6) is 0 Å². The van der Waals surface area contributed by atoms with Crippen molar-refractivity contribution in [1.82, 2.24) is 0 Å². The fourth-order valence-electron chi connectivity index (χ4n) is 1.91. The number of aliphatic hydroxyl groups is 4. The van der Waals surface area contributed by atoms with Crippen molar-refractivity contribution in [2.45, 2.75) is 29.9 Å². The van der Waals surface area contributed by atoms with Gasteiger partial charge < -0.3 is 25.2 Å². The van der Waals surface area contributed by atoms with Gasteiger partial charge in [-0.3, -0.25) is 0 Å². The molecule has 5 nitrogen and oxygen atoms in total. The van der Waals surface area contributed by atoms with Crippen molar-refractivity contribution in [2.24, 2.45) is 0 Å². The summed E-state index contributed by atoms with van der Waals surface area (Å²) in [5, 5.41) is 38.9. The Hall–Kier alpha value is -1.05. The lowest BCUT2D eigenvalue weighted by Crippen LogP contribution is -2.56. The van der Waals surface area contributed by atoms with Crippen LogP contribution in [0.25, 0.3) is 6.08 Å². The summed E-state index contributed by atoms with van der Waals surface area (Å²) in [6, 6.07) is 8.99. The van der Waals surface area contributed by atoms with E-state index in [1.165, 1.54) is 6.08 Å². The Balaban J connectivity index is 2.19. The maximum Gasteiger partial charge on any atom is 0.144 e. The van der Waals surface area contributed by atoms with Crippen molar-refractivity contribution < 1.29 is 25.2 Å². The highest BCUT2D eigenvalue weighted by molar-refractivity contribution is 7.80. The lowest BCUT2D eigenvalue weighted by atomic mass is 9.98. The molecule has 1 saturated heterocycles. The maximum atomic E-state index is 9.97. The molecule has 0 bridgehead atoms. The van der Waals surface area contributed by atoms with Gasteiger partial charge in [0.1, 0.15) is 35.6 Å². The molecule has 6 heteroatoms. The molecule has 0 unspecified atom stereocenters. The number of rotatable bonds is 2. The Morgan fingerprint density at radius 3 is 2.32 bits per heavy atom. The number of ether oxygens (including phenoxy) is 1. The van der Waals surface area contributed by atoms with E-state index in [2.05, 4.69) is 12.6 Å². The molecular weight excluding hydrogens is 268 g/mol. The first-order valence-corrected chi connectivity index (χ1v) is 6.35. The van der Waals surface area contributed by atoms with Gasteiger partial charge in [-0.15, -0.1) is 12.6 Å². The standard InChI is InChI=1S/C13H16O5S/c14-8(6-7-4-2-1-3-5-7)12-10(16)9(15)11(17)13(19)18-12/h1-6,9-17,19H/t9-,10-,11-,12+,13-/m0/s1. The molecule has 0 aromatic heterocycles. The molecule has 5 atom stereocenters. The summed E-state index contributed by atoms with van der Waals surface area (Å²) in [5.74, 6) is -0.233. The quantitative estimate of drug-likeness (QED) is 0.399. The molecule has 1 aromatic carbocycles. The van der Waals surface area contributed by atoms with Crippen LogP contribution < -0.4 is 0 Å². The number of hydrogen-bond donors (Lipinski definition) is 5. The molecule has 1 aliphatic rings. The highest BCUT2D eigenvalue weighted by Crippen LogP contribution is 2.27. The number of benzene rings is 1. The van der Waals surface area contributed by atoms with Crippen LogP contribution in [0.1, 0.15) is 5.56 Å². The molecular formula is C13H16O5S. The normalized spacial score (nSPS) is 36.2. The molecule has 0 radical (unpaired) electrons. The van der Waals surface area contributed by atoms with Crippen molar-refractivity contribution in [3.05, 3.63) is 41.7 Å². The Kier molecular flexibility index (Phi) is 4.49. The summed E-state index contributed by atoms with van der Waals surface area (Å²) in [6.45, 7) is 0. The molecule has 1 aromatic rings. The van der Waals surface area contributed by atoms with E-state index >= 15 is 0 Å². The van der Waals surface area contributed by atoms with Crippen molar-refractivity contribution in [3.63, 3.8) is 0 Å². The number of aliphatic hydroxyl groups excluding tert-OH is 4. The van der Waals surface area contributed by atoms with Crippen LogP contribution in [0.15, 0.2) is 36.1 Å². The van der Waals surface area contributed by atoms with Gasteiger partial charge in [0.05, 0.1) is 0 Å². The summed E-state index contributed by atoms with van der Waals surface area (Å²) in [7, 11) is 0. The summed E-state index contributed by atoms with van der Waals surface area (Å²) in [4.78, 5) is 0. The van der Waals surface area contributed by atoms with Gasteiger partial charge in [-0.25, -0.2) is 0 Å². The van der Waals surface area contributed by atoms with E-state index in [0.717, 1.165) is 5.56 Å². The van der Waals surface area contributed by atoms with E-state index in [-0.39, 0.29) is 5.76 Å². The second-order valence-corrected chi connectivity index (χ2v) is 4.91. The largest absolute Gasteiger partial charge is 0.509 e.